The van der Waals surface area contributed by atoms with Crippen molar-refractivity contribution >= 4 is 0 Å². The molecule has 2 heterocycles. The molecule has 82 valence electrons. The van der Waals surface area contributed by atoms with Gasteiger partial charge < -0.3 is 9.47 Å². The summed E-state index contributed by atoms with van der Waals surface area (Å²) in [7, 11) is 0. The molecule has 0 atom stereocenters. The van der Waals surface area contributed by atoms with Crippen LogP contribution in [0, 0.1) is 5.41 Å². The van der Waals surface area contributed by atoms with E-state index in [9.17, 15) is 0 Å². The second-order valence-electron chi connectivity index (χ2n) is 5.04. The lowest BCUT2D eigenvalue weighted by molar-refractivity contribution is 0.161. The van der Waals surface area contributed by atoms with Gasteiger partial charge in [-0.2, -0.15) is 0 Å². The van der Waals surface area contributed by atoms with Gasteiger partial charge in [-0.1, -0.05) is 20.8 Å². The van der Waals surface area contributed by atoms with Gasteiger partial charge >= 0.3 is 0 Å². The number of pyridine rings is 1. The molecule has 3 nitrogen and oxygen atoms in total. The van der Waals surface area contributed by atoms with Crippen LogP contribution >= 0.6 is 0 Å². The molecule has 1 aromatic rings. The van der Waals surface area contributed by atoms with Crippen molar-refractivity contribution in [1.29, 1.82) is 0 Å². The van der Waals surface area contributed by atoms with Gasteiger partial charge in [0, 0.05) is 11.8 Å². The highest BCUT2D eigenvalue weighted by Gasteiger charge is 2.20. The maximum absolute atomic E-state index is 5.61. The number of nitrogens with zero attached hydrogens (tertiary/aromatic N) is 1. The predicted molar refractivity (Wildman–Crippen MR) is 58.4 cm³/mol. The van der Waals surface area contributed by atoms with Gasteiger partial charge in [-0.25, -0.2) is 4.98 Å². The van der Waals surface area contributed by atoms with Crippen LogP contribution in [-0.2, 0) is 6.42 Å². The van der Waals surface area contributed by atoms with Crippen LogP contribution in [0.1, 0.15) is 26.3 Å². The number of hydrogen-bond donors (Lipinski definition) is 0. The maximum Gasteiger partial charge on any atom is 0.257 e. The Hall–Kier alpha value is -1.25. The molecular weight excluding hydrogens is 190 g/mol. The predicted octanol–water partition coefficient (Wildman–Crippen LogP) is 2.44. The molecule has 0 N–H and O–H groups in total. The zero-order valence-corrected chi connectivity index (χ0v) is 9.54. The van der Waals surface area contributed by atoms with E-state index in [-0.39, 0.29) is 5.41 Å². The molecule has 0 saturated heterocycles. The van der Waals surface area contributed by atoms with Gasteiger partial charge in [-0.15, -0.1) is 0 Å². The second kappa shape index (κ2) is 3.72. The quantitative estimate of drug-likeness (QED) is 0.708. The normalized spacial score (nSPS) is 15.1. The van der Waals surface area contributed by atoms with E-state index in [1.807, 2.05) is 6.07 Å². The molecule has 1 aliphatic rings. The zero-order valence-electron chi connectivity index (χ0n) is 9.54. The van der Waals surface area contributed by atoms with Gasteiger partial charge in [0.2, 0.25) is 0 Å². The largest absolute Gasteiger partial charge is 0.484 e. The minimum absolute atomic E-state index is 0.246. The summed E-state index contributed by atoms with van der Waals surface area (Å²) in [5.74, 6) is 1.47. The lowest BCUT2D eigenvalue weighted by atomic mass is 9.88. The van der Waals surface area contributed by atoms with Crippen LogP contribution in [0.5, 0.6) is 11.6 Å². The molecule has 2 rings (SSSR count). The van der Waals surface area contributed by atoms with E-state index in [2.05, 4.69) is 25.8 Å². The maximum atomic E-state index is 5.61. The van der Waals surface area contributed by atoms with Crippen LogP contribution < -0.4 is 9.47 Å². The first-order valence-corrected chi connectivity index (χ1v) is 5.30. The van der Waals surface area contributed by atoms with Crippen molar-refractivity contribution in [3.8, 4) is 11.6 Å². The monoisotopic (exact) mass is 207 g/mol. The van der Waals surface area contributed by atoms with Gasteiger partial charge in [0.15, 0.2) is 5.75 Å². The van der Waals surface area contributed by atoms with Crippen molar-refractivity contribution in [2.24, 2.45) is 5.41 Å². The lowest BCUT2D eigenvalue weighted by Gasteiger charge is -2.23. The molecule has 15 heavy (non-hydrogen) atoms. The fourth-order valence-corrected chi connectivity index (χ4v) is 1.72. The standard InChI is InChI=1S/C12H17NO2/c1-12(2,3)8-9-4-5-13-11-10(9)14-6-7-15-11/h4-5H,6-8H2,1-3H3. The molecule has 0 aromatic carbocycles. The van der Waals surface area contributed by atoms with Crippen molar-refractivity contribution < 1.29 is 9.47 Å². The van der Waals surface area contributed by atoms with Crippen LogP contribution in [0.15, 0.2) is 12.3 Å². The third kappa shape index (κ3) is 2.41. The van der Waals surface area contributed by atoms with E-state index < -0.39 is 0 Å². The smallest absolute Gasteiger partial charge is 0.257 e. The Morgan fingerprint density at radius 3 is 2.73 bits per heavy atom. The summed E-state index contributed by atoms with van der Waals surface area (Å²) in [5.41, 5.74) is 1.43. The van der Waals surface area contributed by atoms with E-state index in [0.717, 1.165) is 12.2 Å². The molecule has 3 heteroatoms. The van der Waals surface area contributed by atoms with Gasteiger partial charge in [0.05, 0.1) is 0 Å². The molecule has 0 amide bonds. The summed E-state index contributed by atoms with van der Waals surface area (Å²) >= 11 is 0. The van der Waals surface area contributed by atoms with Crippen LogP contribution in [0.4, 0.5) is 0 Å². The summed E-state index contributed by atoms with van der Waals surface area (Å²) < 4.78 is 11.1. The Balaban J connectivity index is 2.31. The fraction of sp³-hybridized carbons (Fsp3) is 0.583. The van der Waals surface area contributed by atoms with Crippen LogP contribution in [0.3, 0.4) is 0 Å². The molecule has 1 aromatic heterocycles. The molecule has 0 aliphatic carbocycles. The van der Waals surface area contributed by atoms with E-state index in [1.165, 1.54) is 5.56 Å². The Morgan fingerprint density at radius 1 is 1.27 bits per heavy atom. The van der Waals surface area contributed by atoms with E-state index in [1.54, 1.807) is 6.20 Å². The van der Waals surface area contributed by atoms with Crippen LogP contribution in [0.25, 0.3) is 0 Å². The SMILES string of the molecule is CC(C)(C)Cc1ccnc2c1OCCO2. The Labute approximate surface area is 90.4 Å². The Bertz CT molecular complexity index is 355. The van der Waals surface area contributed by atoms with E-state index in [0.29, 0.717) is 19.1 Å². The number of fused-ring (bicyclic) bond motifs is 1. The average molecular weight is 207 g/mol. The summed E-state index contributed by atoms with van der Waals surface area (Å²) in [4.78, 5) is 4.16. The molecule has 1 aliphatic heterocycles. The van der Waals surface area contributed by atoms with Gasteiger partial charge in [-0.05, 0) is 17.9 Å². The topological polar surface area (TPSA) is 31.4 Å². The third-order valence-corrected chi connectivity index (χ3v) is 2.24. The second-order valence-corrected chi connectivity index (χ2v) is 5.04. The third-order valence-electron chi connectivity index (χ3n) is 2.24. The number of ether oxygens (including phenoxy) is 2. The van der Waals surface area contributed by atoms with Crippen molar-refractivity contribution in [1.82, 2.24) is 4.98 Å². The number of rotatable bonds is 1. The van der Waals surface area contributed by atoms with Gasteiger partial charge in [0.1, 0.15) is 13.2 Å². The molecule has 0 radical (unpaired) electrons. The number of aromatic nitrogens is 1. The summed E-state index contributed by atoms with van der Waals surface area (Å²) in [5, 5.41) is 0. The van der Waals surface area contributed by atoms with Crippen molar-refractivity contribution in [3.05, 3.63) is 17.8 Å². The molecule has 0 saturated carbocycles. The average Bonchev–Trinajstić information content (AvgIpc) is 2.16. The molecule has 0 unspecified atom stereocenters. The summed E-state index contributed by atoms with van der Waals surface area (Å²) in [6.07, 6.45) is 2.76. The minimum Gasteiger partial charge on any atom is -0.484 e. The highest BCUT2D eigenvalue weighted by molar-refractivity contribution is 5.42. The highest BCUT2D eigenvalue weighted by atomic mass is 16.6. The van der Waals surface area contributed by atoms with E-state index in [4.69, 9.17) is 9.47 Å². The first-order valence-electron chi connectivity index (χ1n) is 5.30. The first-order chi connectivity index (χ1) is 7.06. The highest BCUT2D eigenvalue weighted by Crippen LogP contribution is 2.34. The van der Waals surface area contributed by atoms with E-state index >= 15 is 0 Å². The molecular formula is C12H17NO2. The fourth-order valence-electron chi connectivity index (χ4n) is 1.72. The van der Waals surface area contributed by atoms with Crippen LogP contribution in [0.2, 0.25) is 0 Å². The summed E-state index contributed by atoms with van der Waals surface area (Å²) in [6, 6.07) is 2.01. The minimum atomic E-state index is 0.246. The molecule has 0 spiro atoms. The summed E-state index contributed by atoms with van der Waals surface area (Å²) in [6.45, 7) is 7.85. The van der Waals surface area contributed by atoms with Gasteiger partial charge in [0.25, 0.3) is 5.88 Å². The van der Waals surface area contributed by atoms with Gasteiger partial charge in [-0.3, -0.25) is 0 Å². The van der Waals surface area contributed by atoms with Crippen molar-refractivity contribution in [2.75, 3.05) is 13.2 Å². The molecule has 0 bridgehead atoms. The Morgan fingerprint density at radius 2 is 2.00 bits per heavy atom. The molecule has 0 fully saturated rings. The number of hydrogen-bond acceptors (Lipinski definition) is 3. The lowest BCUT2D eigenvalue weighted by Crippen LogP contribution is -2.19. The van der Waals surface area contributed by atoms with Crippen LogP contribution in [-0.4, -0.2) is 18.2 Å². The van der Waals surface area contributed by atoms with Crippen molar-refractivity contribution in [3.63, 3.8) is 0 Å². The first kappa shape index (κ1) is 10.3. The zero-order chi connectivity index (χ0) is 10.9. The Kier molecular flexibility index (Phi) is 2.55. The van der Waals surface area contributed by atoms with Crippen molar-refractivity contribution in [2.45, 2.75) is 27.2 Å².